The van der Waals surface area contributed by atoms with Gasteiger partial charge >= 0.3 is 0 Å². The van der Waals surface area contributed by atoms with Crippen molar-refractivity contribution in [2.24, 2.45) is 0 Å². The highest BCUT2D eigenvalue weighted by Gasteiger charge is 2.28. The second-order valence-electron chi connectivity index (χ2n) is 6.64. The second kappa shape index (κ2) is 8.00. The summed E-state index contributed by atoms with van der Waals surface area (Å²) in [5, 5.41) is 10.4. The van der Waals surface area contributed by atoms with Crippen molar-refractivity contribution in [1.29, 1.82) is 0 Å². The van der Waals surface area contributed by atoms with E-state index in [1.54, 1.807) is 25.1 Å². The summed E-state index contributed by atoms with van der Waals surface area (Å²) in [4.78, 5) is -0.356. The smallest absolute Gasteiger partial charge is 0.261 e. The molecule has 0 amide bonds. The van der Waals surface area contributed by atoms with Crippen LogP contribution in [0.5, 0.6) is 11.5 Å². The Hall–Kier alpha value is -3.04. The number of anilines is 1. The van der Waals surface area contributed by atoms with Crippen LogP contribution in [0.25, 0.3) is 0 Å². The summed E-state index contributed by atoms with van der Waals surface area (Å²) >= 11 is 0. The van der Waals surface area contributed by atoms with E-state index in [4.69, 9.17) is 4.74 Å². The van der Waals surface area contributed by atoms with Crippen LogP contribution in [0.3, 0.4) is 0 Å². The SMILES string of the molecule is COc1ccc(S(=O)(=O)Nc2c(C)cc(O)c(S(=O)(=O)c3ccccc3)c2C)cc1. The van der Waals surface area contributed by atoms with Crippen LogP contribution in [-0.2, 0) is 19.9 Å². The lowest BCUT2D eigenvalue weighted by Gasteiger charge is -2.18. The molecular formula is C21H21NO6S2. The zero-order valence-electron chi connectivity index (χ0n) is 16.6. The molecule has 0 radical (unpaired) electrons. The van der Waals surface area contributed by atoms with Crippen molar-refractivity contribution >= 4 is 25.5 Å². The van der Waals surface area contributed by atoms with E-state index in [-0.39, 0.29) is 25.9 Å². The zero-order valence-corrected chi connectivity index (χ0v) is 18.2. The van der Waals surface area contributed by atoms with Crippen LogP contribution in [0.1, 0.15) is 11.1 Å². The normalized spacial score (nSPS) is 11.8. The van der Waals surface area contributed by atoms with Crippen molar-refractivity contribution in [3.05, 3.63) is 71.8 Å². The van der Waals surface area contributed by atoms with E-state index in [1.807, 2.05) is 0 Å². The number of nitrogens with one attached hydrogen (secondary N) is 1. The monoisotopic (exact) mass is 447 g/mol. The Balaban J connectivity index is 2.12. The Morgan fingerprint density at radius 1 is 0.867 bits per heavy atom. The minimum Gasteiger partial charge on any atom is -0.507 e. The molecule has 0 saturated carbocycles. The molecule has 3 rings (SSSR count). The molecule has 0 heterocycles. The summed E-state index contributed by atoms with van der Waals surface area (Å²) in [6, 6.07) is 14.7. The summed E-state index contributed by atoms with van der Waals surface area (Å²) < 4.78 is 59.4. The maximum absolute atomic E-state index is 13.1. The molecule has 0 unspecified atom stereocenters. The number of phenolic OH excluding ortho intramolecular Hbond substituents is 1. The lowest BCUT2D eigenvalue weighted by Crippen LogP contribution is -2.16. The van der Waals surface area contributed by atoms with E-state index in [2.05, 4.69) is 4.72 Å². The number of sulfone groups is 1. The molecule has 0 atom stereocenters. The van der Waals surface area contributed by atoms with Crippen LogP contribution in [0.2, 0.25) is 0 Å². The van der Waals surface area contributed by atoms with E-state index >= 15 is 0 Å². The molecule has 9 heteroatoms. The van der Waals surface area contributed by atoms with Gasteiger partial charge in [0, 0.05) is 0 Å². The molecule has 7 nitrogen and oxygen atoms in total. The molecule has 158 valence electrons. The third-order valence-electron chi connectivity index (χ3n) is 4.62. The molecule has 0 aliphatic heterocycles. The Morgan fingerprint density at radius 3 is 2.03 bits per heavy atom. The third kappa shape index (κ3) is 3.99. The summed E-state index contributed by atoms with van der Waals surface area (Å²) in [6.07, 6.45) is 0. The third-order valence-corrected chi connectivity index (χ3v) is 7.94. The van der Waals surface area contributed by atoms with Gasteiger partial charge in [0.2, 0.25) is 9.84 Å². The van der Waals surface area contributed by atoms with Gasteiger partial charge in [-0.3, -0.25) is 4.72 Å². The summed E-state index contributed by atoms with van der Waals surface area (Å²) in [6.45, 7) is 3.03. The number of sulfonamides is 1. The van der Waals surface area contributed by atoms with Gasteiger partial charge in [-0.05, 0) is 67.4 Å². The van der Waals surface area contributed by atoms with E-state index in [9.17, 15) is 21.9 Å². The number of phenols is 1. The fraction of sp³-hybridized carbons (Fsp3) is 0.143. The van der Waals surface area contributed by atoms with E-state index in [1.165, 1.54) is 56.5 Å². The molecule has 3 aromatic rings. The van der Waals surface area contributed by atoms with Gasteiger partial charge in [-0.25, -0.2) is 16.8 Å². The van der Waals surface area contributed by atoms with Crippen molar-refractivity contribution in [2.45, 2.75) is 28.5 Å². The van der Waals surface area contributed by atoms with Crippen LogP contribution < -0.4 is 9.46 Å². The Labute approximate surface area is 175 Å². The van der Waals surface area contributed by atoms with E-state index in [0.29, 0.717) is 11.3 Å². The van der Waals surface area contributed by atoms with Crippen molar-refractivity contribution < 1.29 is 26.7 Å². The van der Waals surface area contributed by atoms with Gasteiger partial charge in [-0.15, -0.1) is 0 Å². The topological polar surface area (TPSA) is 110 Å². The molecule has 0 aromatic heterocycles. The van der Waals surface area contributed by atoms with Crippen LogP contribution >= 0.6 is 0 Å². The first kappa shape index (κ1) is 21.7. The number of rotatable bonds is 6. The first-order chi connectivity index (χ1) is 14.1. The standard InChI is InChI=1S/C21H21NO6S2/c1-14-13-19(23)21(29(24,25)17-7-5-4-6-8-17)15(2)20(14)22-30(26,27)18-11-9-16(28-3)10-12-18/h4-13,22-23H,1-3H3. The summed E-state index contributed by atoms with van der Waals surface area (Å²) in [5.74, 6) is 0.0587. The van der Waals surface area contributed by atoms with Crippen LogP contribution in [0, 0.1) is 13.8 Å². The van der Waals surface area contributed by atoms with Gasteiger partial charge in [0.05, 0.1) is 22.6 Å². The predicted molar refractivity (Wildman–Crippen MR) is 113 cm³/mol. The van der Waals surface area contributed by atoms with Crippen molar-refractivity contribution in [2.75, 3.05) is 11.8 Å². The number of ether oxygens (including phenoxy) is 1. The van der Waals surface area contributed by atoms with E-state index in [0.717, 1.165) is 0 Å². The molecular weight excluding hydrogens is 426 g/mol. The lowest BCUT2D eigenvalue weighted by molar-refractivity contribution is 0.414. The van der Waals surface area contributed by atoms with Crippen LogP contribution in [0.15, 0.2) is 75.4 Å². The maximum Gasteiger partial charge on any atom is 0.261 e. The number of hydrogen-bond acceptors (Lipinski definition) is 6. The molecule has 0 saturated heterocycles. The highest BCUT2D eigenvalue weighted by atomic mass is 32.2. The Kier molecular flexibility index (Phi) is 5.78. The highest BCUT2D eigenvalue weighted by Crippen LogP contribution is 2.38. The summed E-state index contributed by atoms with van der Waals surface area (Å²) in [7, 11) is -6.60. The van der Waals surface area contributed by atoms with Gasteiger partial charge in [0.25, 0.3) is 10.0 Å². The minimum absolute atomic E-state index is 0.00350. The number of benzene rings is 3. The average molecular weight is 448 g/mol. The predicted octanol–water partition coefficient (Wildman–Crippen LogP) is 3.65. The first-order valence-corrected chi connectivity index (χ1v) is 11.8. The minimum atomic E-state index is -4.07. The summed E-state index contributed by atoms with van der Waals surface area (Å²) in [5.41, 5.74) is 0.584. The first-order valence-electron chi connectivity index (χ1n) is 8.88. The van der Waals surface area contributed by atoms with Crippen LogP contribution in [0.4, 0.5) is 5.69 Å². The molecule has 0 bridgehead atoms. The van der Waals surface area contributed by atoms with Gasteiger partial charge in [-0.2, -0.15) is 0 Å². The van der Waals surface area contributed by atoms with Crippen LogP contribution in [-0.4, -0.2) is 29.1 Å². The second-order valence-corrected chi connectivity index (χ2v) is 10.2. The van der Waals surface area contributed by atoms with Gasteiger partial charge < -0.3 is 9.84 Å². The largest absolute Gasteiger partial charge is 0.507 e. The number of hydrogen-bond donors (Lipinski definition) is 2. The molecule has 0 aliphatic rings. The van der Waals surface area contributed by atoms with Crippen molar-refractivity contribution in [3.8, 4) is 11.5 Å². The lowest BCUT2D eigenvalue weighted by atomic mass is 10.1. The van der Waals surface area contributed by atoms with Crippen molar-refractivity contribution in [3.63, 3.8) is 0 Å². The quantitative estimate of drug-likeness (QED) is 0.558. The molecule has 0 aliphatic carbocycles. The number of aryl methyl sites for hydroxylation is 1. The van der Waals surface area contributed by atoms with Crippen molar-refractivity contribution in [1.82, 2.24) is 0 Å². The zero-order chi connectivity index (χ0) is 22.1. The highest BCUT2D eigenvalue weighted by molar-refractivity contribution is 7.93. The molecule has 0 fully saturated rings. The van der Waals surface area contributed by atoms with Gasteiger partial charge in [0.15, 0.2) is 0 Å². The molecule has 2 N–H and O–H groups in total. The van der Waals surface area contributed by atoms with Gasteiger partial charge in [-0.1, -0.05) is 18.2 Å². The number of aromatic hydroxyl groups is 1. The Morgan fingerprint density at radius 2 is 1.47 bits per heavy atom. The number of methoxy groups -OCH3 is 1. The average Bonchev–Trinajstić information content (AvgIpc) is 2.71. The van der Waals surface area contributed by atoms with Gasteiger partial charge in [0.1, 0.15) is 16.4 Å². The maximum atomic E-state index is 13.1. The fourth-order valence-corrected chi connectivity index (χ4v) is 5.89. The van der Waals surface area contributed by atoms with E-state index < -0.39 is 25.6 Å². The Bertz CT molecular complexity index is 1280. The fourth-order valence-electron chi connectivity index (χ4n) is 3.11. The molecule has 30 heavy (non-hydrogen) atoms. The molecule has 0 spiro atoms. The molecule has 3 aromatic carbocycles.